The maximum Gasteiger partial charge on any atom is 0.119 e. The third-order valence-electron chi connectivity index (χ3n) is 2.57. The number of aryl methyl sites for hydroxylation is 1. The van der Waals surface area contributed by atoms with E-state index in [0.717, 1.165) is 16.9 Å². The summed E-state index contributed by atoms with van der Waals surface area (Å²) in [5.41, 5.74) is 7.95. The van der Waals surface area contributed by atoms with Crippen molar-refractivity contribution >= 4 is 0 Å². The van der Waals surface area contributed by atoms with Crippen LogP contribution in [0.3, 0.4) is 0 Å². The first-order valence-corrected chi connectivity index (χ1v) is 5.61. The molecule has 2 N–H and O–H groups in total. The summed E-state index contributed by atoms with van der Waals surface area (Å²) in [5.74, 6) is 0.846. The van der Waals surface area contributed by atoms with Crippen molar-refractivity contribution in [2.45, 2.75) is 19.6 Å². The van der Waals surface area contributed by atoms with Gasteiger partial charge in [0.1, 0.15) is 12.4 Å². The zero-order valence-corrected chi connectivity index (χ0v) is 10.1. The average Bonchev–Trinajstić information content (AvgIpc) is 2.73. The van der Waals surface area contributed by atoms with Crippen LogP contribution < -0.4 is 10.5 Å². The second kappa shape index (κ2) is 5.01. The number of nitrogens with two attached hydrogens (primary N) is 1. The standard InChI is InChI=1S/C13H17N3O/c1-10(14)12-3-5-13(6-4-12)17-9-11-7-15-16(2)8-11/h3-8,10H,9,14H2,1-2H3. The minimum atomic E-state index is 0.0578. The van der Waals surface area contributed by atoms with Gasteiger partial charge in [0.25, 0.3) is 0 Å². The van der Waals surface area contributed by atoms with Crippen molar-refractivity contribution in [3.8, 4) is 5.75 Å². The van der Waals surface area contributed by atoms with Gasteiger partial charge < -0.3 is 10.5 Å². The van der Waals surface area contributed by atoms with Gasteiger partial charge >= 0.3 is 0 Å². The third-order valence-corrected chi connectivity index (χ3v) is 2.57. The van der Waals surface area contributed by atoms with Gasteiger partial charge in [-0.1, -0.05) is 12.1 Å². The van der Waals surface area contributed by atoms with Crippen molar-refractivity contribution < 1.29 is 4.74 Å². The van der Waals surface area contributed by atoms with Crippen LogP contribution in [0.2, 0.25) is 0 Å². The molecule has 0 bridgehead atoms. The number of aromatic nitrogens is 2. The van der Waals surface area contributed by atoms with E-state index in [1.165, 1.54) is 0 Å². The van der Waals surface area contributed by atoms with E-state index >= 15 is 0 Å². The highest BCUT2D eigenvalue weighted by Gasteiger charge is 2.01. The van der Waals surface area contributed by atoms with Crippen LogP contribution >= 0.6 is 0 Å². The predicted molar refractivity (Wildman–Crippen MR) is 66.6 cm³/mol. The maximum absolute atomic E-state index is 5.78. The van der Waals surface area contributed by atoms with Gasteiger partial charge in [0, 0.05) is 24.8 Å². The number of benzene rings is 1. The van der Waals surface area contributed by atoms with Gasteiger partial charge in [-0.3, -0.25) is 4.68 Å². The number of hydrogen-bond acceptors (Lipinski definition) is 3. The van der Waals surface area contributed by atoms with Crippen molar-refractivity contribution in [2.75, 3.05) is 0 Å². The Bertz CT molecular complexity index is 474. The lowest BCUT2D eigenvalue weighted by Crippen LogP contribution is -2.04. The first-order valence-electron chi connectivity index (χ1n) is 5.61. The molecule has 0 aliphatic rings. The molecule has 1 heterocycles. The molecular weight excluding hydrogens is 214 g/mol. The van der Waals surface area contributed by atoms with Crippen molar-refractivity contribution in [3.63, 3.8) is 0 Å². The molecule has 17 heavy (non-hydrogen) atoms. The fourth-order valence-corrected chi connectivity index (χ4v) is 1.58. The van der Waals surface area contributed by atoms with Crippen LogP contribution in [0.15, 0.2) is 36.7 Å². The Morgan fingerprint density at radius 2 is 2.06 bits per heavy atom. The smallest absolute Gasteiger partial charge is 0.119 e. The van der Waals surface area contributed by atoms with Gasteiger partial charge in [0.2, 0.25) is 0 Å². The van der Waals surface area contributed by atoms with Crippen LogP contribution in [0, 0.1) is 0 Å². The third kappa shape index (κ3) is 3.07. The SMILES string of the molecule is CC(N)c1ccc(OCc2cnn(C)c2)cc1. The summed E-state index contributed by atoms with van der Waals surface area (Å²) in [6.07, 6.45) is 3.74. The van der Waals surface area contributed by atoms with E-state index in [2.05, 4.69) is 5.10 Å². The maximum atomic E-state index is 5.78. The lowest BCUT2D eigenvalue weighted by molar-refractivity contribution is 0.306. The molecule has 0 aliphatic carbocycles. The van der Waals surface area contributed by atoms with E-state index < -0.39 is 0 Å². The Labute approximate surface area is 101 Å². The molecule has 2 aromatic rings. The summed E-state index contributed by atoms with van der Waals surface area (Å²) >= 11 is 0. The molecule has 0 spiro atoms. The van der Waals surface area contributed by atoms with Gasteiger partial charge in [0.15, 0.2) is 0 Å². The van der Waals surface area contributed by atoms with Gasteiger partial charge in [-0.2, -0.15) is 5.10 Å². The van der Waals surface area contributed by atoms with Gasteiger partial charge in [0.05, 0.1) is 6.20 Å². The van der Waals surface area contributed by atoms with Crippen molar-refractivity contribution in [3.05, 3.63) is 47.8 Å². The average molecular weight is 231 g/mol. The molecule has 2 rings (SSSR count). The highest BCUT2D eigenvalue weighted by molar-refractivity contribution is 5.28. The normalized spacial score (nSPS) is 12.4. The van der Waals surface area contributed by atoms with E-state index in [9.17, 15) is 0 Å². The second-order valence-electron chi connectivity index (χ2n) is 4.17. The van der Waals surface area contributed by atoms with Crippen molar-refractivity contribution in [1.29, 1.82) is 0 Å². The molecular formula is C13H17N3O. The molecule has 1 unspecified atom stereocenters. The highest BCUT2D eigenvalue weighted by atomic mass is 16.5. The number of rotatable bonds is 4. The van der Waals surface area contributed by atoms with Gasteiger partial charge in [-0.15, -0.1) is 0 Å². The van der Waals surface area contributed by atoms with Crippen LogP contribution in [0.25, 0.3) is 0 Å². The first-order chi connectivity index (χ1) is 8.15. The first kappa shape index (κ1) is 11.7. The largest absolute Gasteiger partial charge is 0.489 e. The monoisotopic (exact) mass is 231 g/mol. The molecule has 0 saturated carbocycles. The summed E-state index contributed by atoms with van der Waals surface area (Å²) < 4.78 is 7.41. The molecule has 1 atom stereocenters. The fraction of sp³-hybridized carbons (Fsp3) is 0.308. The van der Waals surface area contributed by atoms with Gasteiger partial charge in [-0.25, -0.2) is 0 Å². The van der Waals surface area contributed by atoms with E-state index in [0.29, 0.717) is 6.61 Å². The topological polar surface area (TPSA) is 53.1 Å². The quantitative estimate of drug-likeness (QED) is 0.875. The molecule has 4 heteroatoms. The molecule has 90 valence electrons. The van der Waals surface area contributed by atoms with Crippen LogP contribution in [0.5, 0.6) is 5.75 Å². The van der Waals surface area contributed by atoms with Crippen molar-refractivity contribution in [2.24, 2.45) is 12.8 Å². The van der Waals surface area contributed by atoms with Crippen molar-refractivity contribution in [1.82, 2.24) is 9.78 Å². The van der Waals surface area contributed by atoms with E-state index in [4.69, 9.17) is 10.5 Å². The molecule has 4 nitrogen and oxygen atoms in total. The van der Waals surface area contributed by atoms with Crippen LogP contribution in [0.4, 0.5) is 0 Å². The summed E-state index contributed by atoms with van der Waals surface area (Å²) in [6.45, 7) is 2.50. The second-order valence-corrected chi connectivity index (χ2v) is 4.17. The lowest BCUT2D eigenvalue weighted by Gasteiger charge is -2.08. The summed E-state index contributed by atoms with van der Waals surface area (Å²) in [4.78, 5) is 0. The minimum Gasteiger partial charge on any atom is -0.489 e. The lowest BCUT2D eigenvalue weighted by atomic mass is 10.1. The zero-order valence-electron chi connectivity index (χ0n) is 10.1. The molecule has 1 aromatic carbocycles. The van der Waals surface area contributed by atoms with Crippen LogP contribution in [-0.2, 0) is 13.7 Å². The number of ether oxygens (including phenoxy) is 1. The Kier molecular flexibility index (Phi) is 3.44. The summed E-state index contributed by atoms with van der Waals surface area (Å²) in [6, 6.07) is 7.92. The van der Waals surface area contributed by atoms with E-state index in [-0.39, 0.29) is 6.04 Å². The Hall–Kier alpha value is -1.81. The van der Waals surface area contributed by atoms with Gasteiger partial charge in [-0.05, 0) is 24.6 Å². The summed E-state index contributed by atoms with van der Waals surface area (Å²) in [5, 5.41) is 4.09. The molecule has 0 fully saturated rings. The Balaban J connectivity index is 1.95. The highest BCUT2D eigenvalue weighted by Crippen LogP contribution is 2.17. The minimum absolute atomic E-state index is 0.0578. The molecule has 0 radical (unpaired) electrons. The molecule has 0 aliphatic heterocycles. The Morgan fingerprint density at radius 1 is 1.35 bits per heavy atom. The number of nitrogens with zero attached hydrogens (tertiary/aromatic N) is 2. The van der Waals surface area contributed by atoms with E-state index in [1.54, 1.807) is 10.9 Å². The van der Waals surface area contributed by atoms with Crippen LogP contribution in [0.1, 0.15) is 24.1 Å². The number of hydrogen-bond donors (Lipinski definition) is 1. The fourth-order valence-electron chi connectivity index (χ4n) is 1.58. The van der Waals surface area contributed by atoms with E-state index in [1.807, 2.05) is 44.4 Å². The van der Waals surface area contributed by atoms with Crippen LogP contribution in [-0.4, -0.2) is 9.78 Å². The molecule has 0 amide bonds. The Morgan fingerprint density at radius 3 is 2.59 bits per heavy atom. The zero-order chi connectivity index (χ0) is 12.3. The summed E-state index contributed by atoms with van der Waals surface area (Å²) in [7, 11) is 1.89. The predicted octanol–water partition coefficient (Wildman–Crippen LogP) is 2.02. The molecule has 1 aromatic heterocycles. The molecule has 0 saturated heterocycles.